The van der Waals surface area contributed by atoms with Crippen LogP contribution < -0.4 is 0 Å². The summed E-state index contributed by atoms with van der Waals surface area (Å²) in [5.41, 5.74) is 1.02. The summed E-state index contributed by atoms with van der Waals surface area (Å²) >= 11 is 0. The van der Waals surface area contributed by atoms with E-state index in [1.165, 1.54) is 0 Å². The highest BCUT2D eigenvalue weighted by molar-refractivity contribution is 5.79. The number of nitrogens with zero attached hydrogens (tertiary/aromatic N) is 2. The molecule has 110 valence electrons. The minimum atomic E-state index is 0.100. The molecule has 1 amide bonds. The fourth-order valence-electron chi connectivity index (χ4n) is 2.82. The molecule has 1 aliphatic rings. The van der Waals surface area contributed by atoms with Crippen molar-refractivity contribution in [2.24, 2.45) is 5.92 Å². The van der Waals surface area contributed by atoms with Gasteiger partial charge < -0.3 is 9.32 Å². The summed E-state index contributed by atoms with van der Waals surface area (Å²) in [5.74, 6) is 1.30. The fraction of sp³-hybridized carbons (Fsp3) is 0.562. The number of piperidine rings is 1. The summed E-state index contributed by atoms with van der Waals surface area (Å²) in [4.78, 5) is 16.5. The highest BCUT2D eigenvalue weighted by atomic mass is 16.3. The fourth-order valence-corrected chi connectivity index (χ4v) is 2.82. The Hall–Kier alpha value is -1.55. The molecule has 1 saturated heterocycles. The number of carbonyl (C=O) groups is 1. The van der Waals surface area contributed by atoms with Crippen LogP contribution in [0.1, 0.15) is 25.5 Å². The molecule has 0 spiro atoms. The summed E-state index contributed by atoms with van der Waals surface area (Å²) in [6.45, 7) is 9.12. The van der Waals surface area contributed by atoms with Gasteiger partial charge in [-0.2, -0.15) is 0 Å². The average molecular weight is 276 g/mol. The van der Waals surface area contributed by atoms with Crippen LogP contribution in [0.4, 0.5) is 0 Å². The van der Waals surface area contributed by atoms with E-state index in [2.05, 4.69) is 11.5 Å². The van der Waals surface area contributed by atoms with Gasteiger partial charge in [0.25, 0.3) is 0 Å². The number of amides is 1. The molecule has 1 aliphatic heterocycles. The Bertz CT molecular complexity index is 453. The van der Waals surface area contributed by atoms with Crippen LogP contribution in [-0.4, -0.2) is 42.4 Å². The average Bonchev–Trinajstić information content (AvgIpc) is 2.90. The second-order valence-corrected chi connectivity index (χ2v) is 5.81. The van der Waals surface area contributed by atoms with Crippen molar-refractivity contribution in [2.45, 2.75) is 26.3 Å². The van der Waals surface area contributed by atoms with Crippen molar-refractivity contribution < 1.29 is 9.21 Å². The summed E-state index contributed by atoms with van der Waals surface area (Å²) in [5, 5.41) is 0. The quantitative estimate of drug-likeness (QED) is 0.775. The smallest absolute Gasteiger partial charge is 0.227 e. The molecule has 1 aromatic rings. The topological polar surface area (TPSA) is 36.7 Å². The second-order valence-electron chi connectivity index (χ2n) is 5.81. The summed E-state index contributed by atoms with van der Waals surface area (Å²) < 4.78 is 5.38. The molecule has 20 heavy (non-hydrogen) atoms. The van der Waals surface area contributed by atoms with Crippen molar-refractivity contribution in [1.82, 2.24) is 9.80 Å². The predicted octanol–water partition coefficient (Wildman–Crippen LogP) is 2.53. The van der Waals surface area contributed by atoms with Crippen LogP contribution in [0.3, 0.4) is 0 Å². The van der Waals surface area contributed by atoms with Crippen LogP contribution in [0, 0.1) is 5.92 Å². The zero-order chi connectivity index (χ0) is 14.5. The number of rotatable bonds is 5. The summed E-state index contributed by atoms with van der Waals surface area (Å²) in [6.07, 6.45) is 3.74. The van der Waals surface area contributed by atoms with Crippen LogP contribution in [0.25, 0.3) is 0 Å². The number of likely N-dealkylation sites (tertiary alicyclic amines) is 1. The van der Waals surface area contributed by atoms with Crippen molar-refractivity contribution in [3.8, 4) is 0 Å². The number of likely N-dealkylation sites (N-methyl/N-ethyl adjacent to an activating group) is 1. The molecule has 0 unspecified atom stereocenters. The van der Waals surface area contributed by atoms with Gasteiger partial charge in [0.05, 0.1) is 18.7 Å². The maximum atomic E-state index is 12.4. The Labute approximate surface area is 121 Å². The predicted molar refractivity (Wildman–Crippen MR) is 79.2 cm³/mol. The molecule has 1 atom stereocenters. The SMILES string of the molecule is C=C(C)CN(C)C(=O)[C@@H]1CCCN(Cc2ccco2)C1. The van der Waals surface area contributed by atoms with E-state index in [0.29, 0.717) is 6.54 Å². The molecule has 4 nitrogen and oxygen atoms in total. The van der Waals surface area contributed by atoms with E-state index in [0.717, 1.165) is 43.8 Å². The molecule has 2 heterocycles. The minimum absolute atomic E-state index is 0.100. The standard InChI is InChI=1S/C16H24N2O2/c1-13(2)10-17(3)16(19)14-6-4-8-18(11-14)12-15-7-5-9-20-15/h5,7,9,14H,1,4,6,8,10-12H2,2-3H3/t14-/m1/s1. The molecule has 4 heteroatoms. The van der Waals surface area contributed by atoms with Gasteiger partial charge in [0.15, 0.2) is 0 Å². The van der Waals surface area contributed by atoms with Gasteiger partial charge in [0.1, 0.15) is 5.76 Å². The molecular weight excluding hydrogens is 252 g/mol. The van der Waals surface area contributed by atoms with Gasteiger partial charge in [-0.1, -0.05) is 12.2 Å². The van der Waals surface area contributed by atoms with E-state index in [9.17, 15) is 4.79 Å². The van der Waals surface area contributed by atoms with Crippen LogP contribution >= 0.6 is 0 Å². The van der Waals surface area contributed by atoms with Gasteiger partial charge in [0.2, 0.25) is 5.91 Å². The second kappa shape index (κ2) is 6.75. The molecule has 0 radical (unpaired) electrons. The lowest BCUT2D eigenvalue weighted by Gasteiger charge is -2.33. The zero-order valence-corrected chi connectivity index (χ0v) is 12.5. The molecule has 1 fully saturated rings. The molecule has 0 aliphatic carbocycles. The van der Waals surface area contributed by atoms with E-state index in [1.807, 2.05) is 26.1 Å². The first-order valence-corrected chi connectivity index (χ1v) is 7.20. The zero-order valence-electron chi connectivity index (χ0n) is 12.5. The lowest BCUT2D eigenvalue weighted by Crippen LogP contribution is -2.43. The van der Waals surface area contributed by atoms with E-state index in [4.69, 9.17) is 4.42 Å². The maximum Gasteiger partial charge on any atom is 0.227 e. The van der Waals surface area contributed by atoms with E-state index >= 15 is 0 Å². The van der Waals surface area contributed by atoms with E-state index < -0.39 is 0 Å². The third kappa shape index (κ3) is 3.97. The van der Waals surface area contributed by atoms with Gasteiger partial charge in [-0.25, -0.2) is 0 Å². The first kappa shape index (κ1) is 14.9. The van der Waals surface area contributed by atoms with Crippen molar-refractivity contribution in [1.29, 1.82) is 0 Å². The molecule has 0 saturated carbocycles. The Balaban J connectivity index is 1.89. The van der Waals surface area contributed by atoms with Gasteiger partial charge in [-0.05, 0) is 38.4 Å². The minimum Gasteiger partial charge on any atom is -0.468 e. The van der Waals surface area contributed by atoms with Gasteiger partial charge in [-0.15, -0.1) is 0 Å². The number of hydrogen-bond donors (Lipinski definition) is 0. The van der Waals surface area contributed by atoms with Crippen molar-refractivity contribution in [3.05, 3.63) is 36.3 Å². The number of furan rings is 1. The van der Waals surface area contributed by atoms with Crippen LogP contribution in [-0.2, 0) is 11.3 Å². The molecule has 0 bridgehead atoms. The van der Waals surface area contributed by atoms with Gasteiger partial charge in [0, 0.05) is 20.1 Å². The molecule has 0 aromatic carbocycles. The van der Waals surface area contributed by atoms with Gasteiger partial charge in [-0.3, -0.25) is 9.69 Å². The third-order valence-electron chi connectivity index (χ3n) is 3.70. The Morgan fingerprint density at radius 3 is 3.05 bits per heavy atom. The van der Waals surface area contributed by atoms with Crippen LogP contribution in [0.2, 0.25) is 0 Å². The van der Waals surface area contributed by atoms with Gasteiger partial charge >= 0.3 is 0 Å². The Kier molecular flexibility index (Phi) is 5.01. The van der Waals surface area contributed by atoms with Crippen molar-refractivity contribution in [3.63, 3.8) is 0 Å². The summed E-state index contributed by atoms with van der Waals surface area (Å²) in [6, 6.07) is 3.89. The number of carbonyl (C=O) groups excluding carboxylic acids is 1. The Morgan fingerprint density at radius 1 is 1.60 bits per heavy atom. The van der Waals surface area contributed by atoms with E-state index in [1.54, 1.807) is 11.2 Å². The molecule has 1 aromatic heterocycles. The monoisotopic (exact) mass is 276 g/mol. The van der Waals surface area contributed by atoms with Crippen molar-refractivity contribution in [2.75, 3.05) is 26.7 Å². The number of hydrogen-bond acceptors (Lipinski definition) is 3. The van der Waals surface area contributed by atoms with Crippen molar-refractivity contribution >= 4 is 5.91 Å². The highest BCUT2D eigenvalue weighted by Gasteiger charge is 2.28. The summed E-state index contributed by atoms with van der Waals surface area (Å²) in [7, 11) is 1.86. The van der Waals surface area contributed by atoms with E-state index in [-0.39, 0.29) is 11.8 Å². The largest absolute Gasteiger partial charge is 0.468 e. The normalized spacial score (nSPS) is 19.8. The highest BCUT2D eigenvalue weighted by Crippen LogP contribution is 2.20. The molecule has 2 rings (SSSR count). The molecule has 0 N–H and O–H groups in total. The maximum absolute atomic E-state index is 12.4. The molecular formula is C16H24N2O2. The lowest BCUT2D eigenvalue weighted by molar-refractivity contribution is -0.135. The Morgan fingerprint density at radius 2 is 2.40 bits per heavy atom. The third-order valence-corrected chi connectivity index (χ3v) is 3.70. The first-order valence-electron chi connectivity index (χ1n) is 7.20. The first-order chi connectivity index (χ1) is 9.56. The van der Waals surface area contributed by atoms with Crippen LogP contribution in [0.15, 0.2) is 35.0 Å². The van der Waals surface area contributed by atoms with Crippen LogP contribution in [0.5, 0.6) is 0 Å². The lowest BCUT2D eigenvalue weighted by atomic mass is 9.96.